The molecule has 3 saturated heterocycles. The highest BCUT2D eigenvalue weighted by Crippen LogP contribution is 2.62. The predicted molar refractivity (Wildman–Crippen MR) is 99.8 cm³/mol. The van der Waals surface area contributed by atoms with E-state index >= 15 is 0 Å². The van der Waals surface area contributed by atoms with E-state index in [1.807, 2.05) is 7.05 Å². The van der Waals surface area contributed by atoms with Gasteiger partial charge in [-0.25, -0.2) is 0 Å². The molecule has 0 aromatic heterocycles. The number of hydrogen-bond donors (Lipinski definition) is 1. The number of aliphatic imine (C=N–C) groups is 1. The number of hydrogen-bond acceptors (Lipinski definition) is 3. The molecule has 2 saturated carbocycles. The van der Waals surface area contributed by atoms with Crippen LogP contribution in [0.2, 0.25) is 0 Å². The van der Waals surface area contributed by atoms with Crippen molar-refractivity contribution < 1.29 is 4.74 Å². The molecule has 4 unspecified atom stereocenters. The highest BCUT2D eigenvalue weighted by atomic mass is 16.5. The van der Waals surface area contributed by atoms with Gasteiger partial charge in [-0.2, -0.15) is 0 Å². The van der Waals surface area contributed by atoms with Crippen molar-refractivity contribution in [2.75, 3.05) is 39.8 Å². The number of piperidine rings is 1. The lowest BCUT2D eigenvalue weighted by Crippen LogP contribution is -2.72. The SMILES string of the molecule is CN=C(NC1C2CCOC2C12CCC2)N1CCC(N2CCCCC2)C1. The molecule has 3 aliphatic heterocycles. The van der Waals surface area contributed by atoms with E-state index < -0.39 is 0 Å². The molecule has 4 atom stereocenters. The molecule has 3 heterocycles. The van der Waals surface area contributed by atoms with E-state index in [4.69, 9.17) is 4.74 Å². The van der Waals surface area contributed by atoms with Crippen LogP contribution in [0.15, 0.2) is 4.99 Å². The summed E-state index contributed by atoms with van der Waals surface area (Å²) in [5.41, 5.74) is 0.434. The number of fused-ring (bicyclic) bond motifs is 2. The zero-order valence-corrected chi connectivity index (χ0v) is 15.8. The van der Waals surface area contributed by atoms with Crippen LogP contribution >= 0.6 is 0 Å². The van der Waals surface area contributed by atoms with Crippen LogP contribution in [-0.2, 0) is 4.74 Å². The summed E-state index contributed by atoms with van der Waals surface area (Å²) in [6.07, 6.45) is 11.3. The van der Waals surface area contributed by atoms with Crippen molar-refractivity contribution in [3.63, 3.8) is 0 Å². The van der Waals surface area contributed by atoms with Gasteiger partial charge < -0.3 is 15.0 Å². The van der Waals surface area contributed by atoms with Crippen LogP contribution in [-0.4, -0.2) is 73.8 Å². The normalized spacial score (nSPS) is 40.7. The summed E-state index contributed by atoms with van der Waals surface area (Å²) in [5, 5.41) is 3.91. The summed E-state index contributed by atoms with van der Waals surface area (Å²) in [7, 11) is 1.96. The minimum Gasteiger partial charge on any atom is -0.377 e. The summed E-state index contributed by atoms with van der Waals surface area (Å²) in [6.45, 7) is 5.89. The van der Waals surface area contributed by atoms with E-state index in [1.165, 1.54) is 64.5 Å². The van der Waals surface area contributed by atoms with Crippen molar-refractivity contribution >= 4 is 5.96 Å². The van der Waals surface area contributed by atoms with Crippen molar-refractivity contribution in [2.45, 2.75) is 69.6 Å². The van der Waals surface area contributed by atoms with Gasteiger partial charge in [-0.05, 0) is 51.6 Å². The van der Waals surface area contributed by atoms with E-state index in [0.717, 1.165) is 37.6 Å². The highest BCUT2D eigenvalue weighted by molar-refractivity contribution is 5.81. The number of guanidine groups is 1. The fourth-order valence-electron chi connectivity index (χ4n) is 6.41. The van der Waals surface area contributed by atoms with Crippen molar-refractivity contribution in [3.05, 3.63) is 0 Å². The lowest BCUT2D eigenvalue weighted by molar-refractivity contribution is -0.171. The van der Waals surface area contributed by atoms with Gasteiger partial charge in [0.25, 0.3) is 0 Å². The van der Waals surface area contributed by atoms with E-state index in [9.17, 15) is 0 Å². The Hall–Kier alpha value is -0.810. The predicted octanol–water partition coefficient (Wildman–Crippen LogP) is 2.08. The molecule has 0 bridgehead atoms. The fourth-order valence-corrected chi connectivity index (χ4v) is 6.41. The maximum absolute atomic E-state index is 6.08. The van der Waals surface area contributed by atoms with Crippen LogP contribution in [0, 0.1) is 11.3 Å². The van der Waals surface area contributed by atoms with E-state index in [-0.39, 0.29) is 0 Å². The Labute approximate surface area is 152 Å². The molecule has 0 aromatic rings. The average molecular weight is 347 g/mol. The molecule has 5 aliphatic rings. The first-order valence-corrected chi connectivity index (χ1v) is 10.7. The molecule has 25 heavy (non-hydrogen) atoms. The first-order valence-electron chi connectivity index (χ1n) is 10.7. The lowest BCUT2D eigenvalue weighted by Gasteiger charge is -2.63. The van der Waals surface area contributed by atoms with Gasteiger partial charge in [0, 0.05) is 50.2 Å². The number of ether oxygens (including phenoxy) is 1. The minimum absolute atomic E-state index is 0.434. The van der Waals surface area contributed by atoms with E-state index in [0.29, 0.717) is 17.6 Å². The second-order valence-corrected chi connectivity index (χ2v) is 8.99. The molecule has 0 radical (unpaired) electrons. The molecule has 5 nitrogen and oxygen atoms in total. The Bertz CT molecular complexity index is 526. The van der Waals surface area contributed by atoms with Crippen LogP contribution in [0.5, 0.6) is 0 Å². The quantitative estimate of drug-likeness (QED) is 0.614. The first kappa shape index (κ1) is 16.4. The molecule has 5 heteroatoms. The minimum atomic E-state index is 0.434. The van der Waals surface area contributed by atoms with Gasteiger partial charge >= 0.3 is 0 Å². The smallest absolute Gasteiger partial charge is 0.193 e. The van der Waals surface area contributed by atoms with Gasteiger partial charge in [-0.15, -0.1) is 0 Å². The molecule has 0 amide bonds. The monoisotopic (exact) mass is 346 g/mol. The molecular formula is C20H34N4O. The van der Waals surface area contributed by atoms with Crippen molar-refractivity contribution in [2.24, 2.45) is 16.3 Å². The maximum Gasteiger partial charge on any atom is 0.193 e. The van der Waals surface area contributed by atoms with Crippen LogP contribution in [0.25, 0.3) is 0 Å². The molecule has 2 aliphatic carbocycles. The second kappa shape index (κ2) is 6.41. The van der Waals surface area contributed by atoms with Crippen LogP contribution in [0.1, 0.15) is 51.4 Å². The number of likely N-dealkylation sites (tertiary alicyclic amines) is 2. The second-order valence-electron chi connectivity index (χ2n) is 8.99. The van der Waals surface area contributed by atoms with Crippen molar-refractivity contribution in [3.8, 4) is 0 Å². The summed E-state index contributed by atoms with van der Waals surface area (Å²) in [5.74, 6) is 1.87. The number of nitrogens with one attached hydrogen (secondary N) is 1. The Morgan fingerprint density at radius 1 is 1.08 bits per heavy atom. The number of nitrogens with zero attached hydrogens (tertiary/aromatic N) is 3. The summed E-state index contributed by atoms with van der Waals surface area (Å²) in [4.78, 5) is 9.93. The van der Waals surface area contributed by atoms with Gasteiger partial charge in [0.05, 0.1) is 6.10 Å². The van der Waals surface area contributed by atoms with Gasteiger partial charge in [-0.1, -0.05) is 12.8 Å². The van der Waals surface area contributed by atoms with Crippen LogP contribution in [0.3, 0.4) is 0 Å². The van der Waals surface area contributed by atoms with Gasteiger partial charge in [-0.3, -0.25) is 9.89 Å². The van der Waals surface area contributed by atoms with Crippen molar-refractivity contribution in [1.29, 1.82) is 0 Å². The Morgan fingerprint density at radius 2 is 1.92 bits per heavy atom. The molecule has 0 aromatic carbocycles. The van der Waals surface area contributed by atoms with E-state index in [2.05, 4.69) is 20.1 Å². The molecule has 5 fully saturated rings. The molecule has 1 N–H and O–H groups in total. The first-order chi connectivity index (χ1) is 12.3. The average Bonchev–Trinajstić information content (AvgIpc) is 3.24. The number of rotatable bonds is 2. The molecule has 5 rings (SSSR count). The van der Waals surface area contributed by atoms with Crippen LogP contribution < -0.4 is 5.32 Å². The van der Waals surface area contributed by atoms with Gasteiger partial charge in [0.1, 0.15) is 0 Å². The lowest BCUT2D eigenvalue weighted by atomic mass is 9.46. The van der Waals surface area contributed by atoms with Crippen LogP contribution in [0.4, 0.5) is 0 Å². The third-order valence-corrected chi connectivity index (χ3v) is 7.90. The van der Waals surface area contributed by atoms with E-state index in [1.54, 1.807) is 0 Å². The third kappa shape index (κ3) is 2.53. The molecular weight excluding hydrogens is 312 g/mol. The van der Waals surface area contributed by atoms with Crippen molar-refractivity contribution in [1.82, 2.24) is 15.1 Å². The Morgan fingerprint density at radius 3 is 2.64 bits per heavy atom. The molecule has 140 valence electrons. The molecule has 1 spiro atoms. The topological polar surface area (TPSA) is 40.1 Å². The summed E-state index contributed by atoms with van der Waals surface area (Å²) >= 11 is 0. The maximum atomic E-state index is 6.08. The summed E-state index contributed by atoms with van der Waals surface area (Å²) in [6, 6.07) is 1.34. The largest absolute Gasteiger partial charge is 0.377 e. The standard InChI is InChI=1S/C20H34N4O/c1-21-19(24-12-6-15(14-24)23-10-3-2-4-11-23)22-17-16-7-13-25-18(16)20(17)8-5-9-20/h15-18H,2-14H2,1H3,(H,21,22). The fraction of sp³-hybridized carbons (Fsp3) is 0.950. The zero-order chi connectivity index (χ0) is 16.9. The Kier molecular flexibility index (Phi) is 4.20. The van der Waals surface area contributed by atoms with Gasteiger partial charge in [0.2, 0.25) is 0 Å². The summed E-state index contributed by atoms with van der Waals surface area (Å²) < 4.78 is 6.08. The zero-order valence-electron chi connectivity index (χ0n) is 15.8. The Balaban J connectivity index is 1.23. The third-order valence-electron chi connectivity index (χ3n) is 7.90. The van der Waals surface area contributed by atoms with Gasteiger partial charge in [0.15, 0.2) is 5.96 Å². The highest BCUT2D eigenvalue weighted by Gasteiger charge is 2.66.